The summed E-state index contributed by atoms with van der Waals surface area (Å²) < 4.78 is 24.7. The predicted octanol–water partition coefficient (Wildman–Crippen LogP) is 2.44. The van der Waals surface area contributed by atoms with Gasteiger partial charge >= 0.3 is 0 Å². The van der Waals surface area contributed by atoms with E-state index < -0.39 is 9.84 Å². The van der Waals surface area contributed by atoms with Crippen LogP contribution in [0, 0.1) is 17.8 Å². The maximum absolute atomic E-state index is 12.5. The van der Waals surface area contributed by atoms with Crippen LogP contribution in [0.3, 0.4) is 0 Å². The van der Waals surface area contributed by atoms with Crippen molar-refractivity contribution in [2.75, 3.05) is 5.75 Å². The Morgan fingerprint density at radius 2 is 1.79 bits per heavy atom. The van der Waals surface area contributed by atoms with E-state index in [1.165, 1.54) is 6.42 Å². The number of fused-ring (bicyclic) bond motifs is 3. The van der Waals surface area contributed by atoms with Crippen LogP contribution in [-0.2, 0) is 19.4 Å². The van der Waals surface area contributed by atoms with Crippen molar-refractivity contribution in [2.45, 2.75) is 68.3 Å². The van der Waals surface area contributed by atoms with Crippen molar-refractivity contribution in [2.24, 2.45) is 17.8 Å². The van der Waals surface area contributed by atoms with Gasteiger partial charge in [0.15, 0.2) is 9.84 Å². The molecule has 1 saturated heterocycles. The second-order valence-electron chi connectivity index (χ2n) is 8.79. The first-order valence-corrected chi connectivity index (χ1v) is 12.5. The number of hydrogen-bond acceptors (Lipinski definition) is 4. The molecule has 6 nitrogen and oxygen atoms in total. The lowest BCUT2D eigenvalue weighted by molar-refractivity contribution is -0.135. The maximum atomic E-state index is 12.5. The van der Waals surface area contributed by atoms with Crippen molar-refractivity contribution in [1.82, 2.24) is 10.6 Å². The standard InChI is InChI=1S/C22H30N2O4S/c25-21(12-13-29(27,28)16-6-2-1-3-7-16)23-15-10-11-18-17-8-4-5-9-19(17)22(26)24-20(18)14-15/h1-3,6-7,15,17-20H,4-5,8-14H2,(H,23,25)(H,24,26). The Kier molecular flexibility index (Phi) is 5.95. The number of carbonyl (C=O) groups is 2. The molecule has 7 heteroatoms. The van der Waals surface area contributed by atoms with Crippen LogP contribution in [0.5, 0.6) is 0 Å². The number of benzene rings is 1. The minimum Gasteiger partial charge on any atom is -0.353 e. The molecule has 158 valence electrons. The van der Waals surface area contributed by atoms with Gasteiger partial charge in [0.05, 0.1) is 10.6 Å². The van der Waals surface area contributed by atoms with Gasteiger partial charge in [-0.3, -0.25) is 9.59 Å². The number of nitrogens with one attached hydrogen (secondary N) is 2. The van der Waals surface area contributed by atoms with Gasteiger partial charge in [0, 0.05) is 24.4 Å². The minimum atomic E-state index is -3.45. The number of carbonyl (C=O) groups excluding carboxylic acids is 2. The Labute approximate surface area is 172 Å². The Bertz CT molecular complexity index is 855. The second kappa shape index (κ2) is 8.46. The molecule has 0 aromatic heterocycles. The van der Waals surface area contributed by atoms with Gasteiger partial charge in [-0.1, -0.05) is 31.0 Å². The summed E-state index contributed by atoms with van der Waals surface area (Å²) in [5, 5.41) is 6.22. The van der Waals surface area contributed by atoms with Crippen LogP contribution in [0.2, 0.25) is 0 Å². The fourth-order valence-electron chi connectivity index (χ4n) is 5.56. The van der Waals surface area contributed by atoms with E-state index >= 15 is 0 Å². The third-order valence-corrected chi connectivity index (χ3v) is 8.73. The number of amides is 2. The molecule has 1 aliphatic heterocycles. The largest absolute Gasteiger partial charge is 0.353 e. The van der Waals surface area contributed by atoms with E-state index in [1.54, 1.807) is 30.3 Å². The van der Waals surface area contributed by atoms with Crippen molar-refractivity contribution in [1.29, 1.82) is 0 Å². The SMILES string of the molecule is O=C(CCS(=O)(=O)c1ccccc1)NC1CCC2C(C1)NC(=O)C1CCCCC12. The number of piperidine rings is 1. The lowest BCUT2D eigenvalue weighted by Gasteiger charge is -2.49. The lowest BCUT2D eigenvalue weighted by atomic mass is 9.63. The molecule has 1 heterocycles. The molecule has 2 amide bonds. The second-order valence-corrected chi connectivity index (χ2v) is 10.9. The molecule has 1 aromatic rings. The average molecular weight is 419 g/mol. The van der Waals surface area contributed by atoms with Crippen LogP contribution in [0.4, 0.5) is 0 Å². The monoisotopic (exact) mass is 418 g/mol. The van der Waals surface area contributed by atoms with Gasteiger partial charge in [-0.2, -0.15) is 0 Å². The van der Waals surface area contributed by atoms with Crippen LogP contribution in [0.25, 0.3) is 0 Å². The summed E-state index contributed by atoms with van der Waals surface area (Å²) in [6.07, 6.45) is 7.14. The van der Waals surface area contributed by atoms with Crippen LogP contribution < -0.4 is 10.6 Å². The van der Waals surface area contributed by atoms with Crippen LogP contribution in [-0.4, -0.2) is 38.1 Å². The third-order valence-electron chi connectivity index (χ3n) is 7.00. The molecular weight excluding hydrogens is 388 g/mol. The van der Waals surface area contributed by atoms with Gasteiger partial charge in [0.25, 0.3) is 0 Å². The summed E-state index contributed by atoms with van der Waals surface area (Å²) in [4.78, 5) is 25.1. The van der Waals surface area contributed by atoms with Gasteiger partial charge in [-0.15, -0.1) is 0 Å². The van der Waals surface area contributed by atoms with E-state index in [4.69, 9.17) is 0 Å². The zero-order valence-electron chi connectivity index (χ0n) is 16.7. The van der Waals surface area contributed by atoms with Crippen molar-refractivity contribution in [3.63, 3.8) is 0 Å². The van der Waals surface area contributed by atoms with Crippen molar-refractivity contribution < 1.29 is 18.0 Å². The third kappa shape index (κ3) is 4.49. The molecule has 29 heavy (non-hydrogen) atoms. The molecule has 2 aliphatic carbocycles. The highest BCUT2D eigenvalue weighted by Gasteiger charge is 2.46. The van der Waals surface area contributed by atoms with Crippen LogP contribution >= 0.6 is 0 Å². The smallest absolute Gasteiger partial charge is 0.223 e. The predicted molar refractivity (Wildman–Crippen MR) is 110 cm³/mol. The highest BCUT2D eigenvalue weighted by Crippen LogP contribution is 2.44. The Morgan fingerprint density at radius 3 is 2.59 bits per heavy atom. The molecular formula is C22H30N2O4S. The average Bonchev–Trinajstić information content (AvgIpc) is 2.73. The molecule has 2 N–H and O–H groups in total. The van der Waals surface area contributed by atoms with E-state index in [-0.39, 0.29) is 46.9 Å². The number of hydrogen-bond donors (Lipinski definition) is 2. The summed E-state index contributed by atoms with van der Waals surface area (Å²) in [6, 6.07) is 8.37. The molecule has 5 unspecified atom stereocenters. The van der Waals surface area contributed by atoms with Gasteiger partial charge in [-0.25, -0.2) is 8.42 Å². The molecule has 1 aromatic carbocycles. The van der Waals surface area contributed by atoms with Gasteiger partial charge < -0.3 is 10.6 Å². The van der Waals surface area contributed by atoms with Crippen LogP contribution in [0.15, 0.2) is 35.2 Å². The Balaban J connectivity index is 1.30. The summed E-state index contributed by atoms with van der Waals surface area (Å²) in [5.41, 5.74) is 0. The summed E-state index contributed by atoms with van der Waals surface area (Å²) in [7, 11) is -3.45. The van der Waals surface area contributed by atoms with Crippen molar-refractivity contribution in [3.8, 4) is 0 Å². The summed E-state index contributed by atoms with van der Waals surface area (Å²) in [5.74, 6) is 0.962. The summed E-state index contributed by atoms with van der Waals surface area (Å²) >= 11 is 0. The minimum absolute atomic E-state index is 0.00335. The van der Waals surface area contributed by atoms with E-state index in [2.05, 4.69) is 10.6 Å². The van der Waals surface area contributed by atoms with E-state index in [1.807, 2.05) is 0 Å². The van der Waals surface area contributed by atoms with Gasteiger partial charge in [0.1, 0.15) is 0 Å². The maximum Gasteiger partial charge on any atom is 0.223 e. The quantitative estimate of drug-likeness (QED) is 0.768. The topological polar surface area (TPSA) is 92.3 Å². The first-order valence-electron chi connectivity index (χ1n) is 10.8. The van der Waals surface area contributed by atoms with Gasteiger partial charge in [-0.05, 0) is 56.1 Å². The van der Waals surface area contributed by atoms with Crippen molar-refractivity contribution in [3.05, 3.63) is 30.3 Å². The highest BCUT2D eigenvalue weighted by atomic mass is 32.2. The highest BCUT2D eigenvalue weighted by molar-refractivity contribution is 7.91. The zero-order valence-corrected chi connectivity index (χ0v) is 17.5. The molecule has 0 spiro atoms. The molecule has 4 rings (SSSR count). The molecule has 0 bridgehead atoms. The number of rotatable bonds is 5. The van der Waals surface area contributed by atoms with Gasteiger partial charge in [0.2, 0.25) is 11.8 Å². The normalized spacial score (nSPS) is 31.9. The van der Waals surface area contributed by atoms with E-state index in [9.17, 15) is 18.0 Å². The Morgan fingerprint density at radius 1 is 1.03 bits per heavy atom. The first kappa shape index (κ1) is 20.4. The zero-order chi connectivity index (χ0) is 20.4. The van der Waals surface area contributed by atoms with Crippen molar-refractivity contribution >= 4 is 21.7 Å². The fraction of sp³-hybridized carbons (Fsp3) is 0.636. The summed E-state index contributed by atoms with van der Waals surface area (Å²) in [6.45, 7) is 0. The molecule has 3 aliphatic rings. The van der Waals surface area contributed by atoms with E-state index in [0.29, 0.717) is 11.8 Å². The lowest BCUT2D eigenvalue weighted by Crippen LogP contribution is -2.59. The van der Waals surface area contributed by atoms with E-state index in [0.717, 1.165) is 38.5 Å². The molecule has 0 radical (unpaired) electrons. The molecule has 2 saturated carbocycles. The van der Waals surface area contributed by atoms with Crippen LogP contribution in [0.1, 0.15) is 51.4 Å². The molecule has 5 atom stereocenters. The Hall–Kier alpha value is -1.89. The molecule has 3 fully saturated rings. The first-order chi connectivity index (χ1) is 13.9. The number of sulfone groups is 1. The fourth-order valence-corrected chi connectivity index (χ4v) is 6.83.